The molecule has 1 amide bonds. The van der Waals surface area contributed by atoms with Crippen LogP contribution in [0.4, 0.5) is 10.5 Å². The van der Waals surface area contributed by atoms with E-state index in [1.807, 2.05) is 38.1 Å². The number of hydrogen-bond donors (Lipinski definition) is 1. The van der Waals surface area contributed by atoms with Crippen molar-refractivity contribution in [3.63, 3.8) is 0 Å². The molecule has 1 aromatic carbocycles. The topological polar surface area (TPSA) is 90.9 Å². The van der Waals surface area contributed by atoms with Crippen LogP contribution in [-0.4, -0.2) is 70.4 Å². The Morgan fingerprint density at radius 1 is 1.15 bits per heavy atom. The summed E-state index contributed by atoms with van der Waals surface area (Å²) < 4.78 is 28.7. The molecule has 0 radical (unpaired) electrons. The van der Waals surface area contributed by atoms with Crippen molar-refractivity contribution >= 4 is 18.0 Å². The molecule has 0 saturated carbocycles. The van der Waals surface area contributed by atoms with Crippen molar-refractivity contribution in [1.82, 2.24) is 4.90 Å². The first kappa shape index (κ1) is 28.7. The van der Waals surface area contributed by atoms with Crippen LogP contribution in [-0.2, 0) is 18.9 Å². The number of fused-ring (bicyclic) bond motifs is 1. The van der Waals surface area contributed by atoms with Gasteiger partial charge in [0.1, 0.15) is 23.4 Å². The lowest BCUT2D eigenvalue weighted by molar-refractivity contribution is 0.0273. The minimum Gasteiger partial charge on any atom is -0.497 e. The number of aliphatic imine (C=N–C) groups is 1. The SMILES string of the molecule is CCCC(CCN1CCOCC1)OC(=O)Nc1ccc(OC2=CC=NC3=CC(OC)=C(OC)CC32)c(C)c1C. The average Bonchev–Trinajstić information content (AvgIpc) is 2.95. The molecule has 3 aliphatic rings. The monoisotopic (exact) mass is 539 g/mol. The molecule has 0 spiro atoms. The second-order valence-electron chi connectivity index (χ2n) is 10.0. The van der Waals surface area contributed by atoms with E-state index in [2.05, 4.69) is 22.1 Å². The number of dihydropyridines is 1. The smallest absolute Gasteiger partial charge is 0.411 e. The normalized spacial score (nSPS) is 20.0. The third-order valence-corrected chi connectivity index (χ3v) is 7.53. The second kappa shape index (κ2) is 13.7. The minimum absolute atomic E-state index is 0.0655. The van der Waals surface area contributed by atoms with Crippen molar-refractivity contribution < 1.29 is 28.5 Å². The maximum atomic E-state index is 12.8. The molecule has 9 heteroatoms. The third kappa shape index (κ3) is 7.22. The number of amides is 1. The van der Waals surface area contributed by atoms with E-state index < -0.39 is 6.09 Å². The van der Waals surface area contributed by atoms with Crippen molar-refractivity contribution in [3.8, 4) is 5.75 Å². The number of hydrogen-bond acceptors (Lipinski definition) is 8. The number of ether oxygens (including phenoxy) is 5. The Hall–Kier alpha value is -3.30. The van der Waals surface area contributed by atoms with E-state index in [4.69, 9.17) is 23.7 Å². The van der Waals surface area contributed by atoms with E-state index in [1.54, 1.807) is 20.4 Å². The van der Waals surface area contributed by atoms with Crippen molar-refractivity contribution in [1.29, 1.82) is 0 Å². The van der Waals surface area contributed by atoms with Crippen LogP contribution in [0.15, 0.2) is 52.3 Å². The zero-order valence-corrected chi connectivity index (χ0v) is 23.7. The van der Waals surface area contributed by atoms with Crippen molar-refractivity contribution in [2.24, 2.45) is 10.9 Å². The van der Waals surface area contributed by atoms with Gasteiger partial charge in [0.15, 0.2) is 5.76 Å². The molecule has 2 aliphatic heterocycles. The fourth-order valence-corrected chi connectivity index (χ4v) is 5.05. The summed E-state index contributed by atoms with van der Waals surface area (Å²) in [7, 11) is 3.26. The fourth-order valence-electron chi connectivity index (χ4n) is 5.05. The van der Waals surface area contributed by atoms with Crippen LogP contribution in [0.5, 0.6) is 5.75 Å². The number of carbonyl (C=O) groups excluding carboxylic acids is 1. The third-order valence-electron chi connectivity index (χ3n) is 7.53. The molecule has 1 aliphatic carbocycles. The van der Waals surface area contributed by atoms with Crippen molar-refractivity contribution in [2.45, 2.75) is 52.6 Å². The van der Waals surface area contributed by atoms with Gasteiger partial charge in [-0.1, -0.05) is 13.3 Å². The number of methoxy groups -OCH3 is 2. The van der Waals surface area contributed by atoms with Gasteiger partial charge in [0.25, 0.3) is 0 Å². The van der Waals surface area contributed by atoms with Crippen molar-refractivity contribution in [3.05, 3.63) is 58.4 Å². The molecule has 1 N–H and O–H groups in total. The molecule has 1 saturated heterocycles. The molecule has 9 nitrogen and oxygen atoms in total. The maximum absolute atomic E-state index is 12.8. The van der Waals surface area contributed by atoms with Gasteiger partial charge in [-0.15, -0.1) is 0 Å². The Kier molecular flexibility index (Phi) is 10.1. The van der Waals surface area contributed by atoms with E-state index in [1.165, 1.54) is 0 Å². The van der Waals surface area contributed by atoms with Gasteiger partial charge in [0.2, 0.25) is 0 Å². The number of allylic oxidation sites excluding steroid dienone is 3. The first-order valence-electron chi connectivity index (χ1n) is 13.8. The summed E-state index contributed by atoms with van der Waals surface area (Å²) in [5.41, 5.74) is 3.44. The number of benzene rings is 1. The van der Waals surface area contributed by atoms with Gasteiger partial charge < -0.3 is 23.7 Å². The number of nitrogens with zero attached hydrogens (tertiary/aromatic N) is 2. The van der Waals surface area contributed by atoms with Gasteiger partial charge >= 0.3 is 6.09 Å². The highest BCUT2D eigenvalue weighted by Gasteiger charge is 2.31. The Bertz CT molecular complexity index is 1150. The molecular formula is C30H41N3O6. The summed E-state index contributed by atoms with van der Waals surface area (Å²) >= 11 is 0. The second-order valence-corrected chi connectivity index (χ2v) is 10.0. The molecule has 212 valence electrons. The lowest BCUT2D eigenvalue weighted by atomic mass is 9.91. The summed E-state index contributed by atoms with van der Waals surface area (Å²) in [6.45, 7) is 10.4. The largest absolute Gasteiger partial charge is 0.497 e. The molecule has 0 aromatic heterocycles. The Labute approximate surface area is 231 Å². The van der Waals surface area contributed by atoms with Crippen LogP contribution < -0.4 is 10.1 Å². The lowest BCUT2D eigenvalue weighted by Crippen LogP contribution is -2.38. The molecule has 1 fully saturated rings. The molecule has 39 heavy (non-hydrogen) atoms. The fraction of sp³-hybridized carbons (Fsp3) is 0.533. The molecule has 1 aromatic rings. The van der Waals surface area contributed by atoms with Crippen LogP contribution in [0.1, 0.15) is 43.7 Å². The predicted molar refractivity (Wildman–Crippen MR) is 151 cm³/mol. The standard InChI is InChI=1S/C30H41N3O6/c1-6-7-22(11-13-33-14-16-37-17-15-33)38-30(34)32-24-8-9-26(21(3)20(24)2)39-27-10-12-31-25-19-29(36-5)28(35-4)18-23(25)27/h8-10,12,19,22-23H,6-7,11,13-18H2,1-5H3,(H,32,34). The van der Waals surface area contributed by atoms with E-state index in [0.29, 0.717) is 17.9 Å². The molecule has 0 bridgehead atoms. The van der Waals surface area contributed by atoms with Gasteiger partial charge in [-0.25, -0.2) is 4.79 Å². The van der Waals surface area contributed by atoms with E-state index in [0.717, 1.165) is 86.2 Å². The number of anilines is 1. The average molecular weight is 540 g/mol. The summed E-state index contributed by atoms with van der Waals surface area (Å²) in [6, 6.07) is 3.74. The highest BCUT2D eigenvalue weighted by Crippen LogP contribution is 2.39. The highest BCUT2D eigenvalue weighted by atomic mass is 16.6. The predicted octanol–water partition coefficient (Wildman–Crippen LogP) is 5.50. The van der Waals surface area contributed by atoms with Crippen LogP contribution in [0.25, 0.3) is 0 Å². The van der Waals surface area contributed by atoms with E-state index in [9.17, 15) is 4.79 Å². The number of morpholine rings is 1. The van der Waals surface area contributed by atoms with Crippen LogP contribution >= 0.6 is 0 Å². The van der Waals surface area contributed by atoms with Gasteiger partial charge in [-0.2, -0.15) is 0 Å². The Balaban J connectivity index is 1.38. The first-order valence-corrected chi connectivity index (χ1v) is 13.8. The van der Waals surface area contributed by atoms with Gasteiger partial charge in [0, 0.05) is 44.0 Å². The van der Waals surface area contributed by atoms with Gasteiger partial charge in [-0.05, 0) is 56.0 Å². The van der Waals surface area contributed by atoms with E-state index >= 15 is 0 Å². The number of carbonyl (C=O) groups is 1. The van der Waals surface area contributed by atoms with Gasteiger partial charge in [0.05, 0.1) is 39.0 Å². The molecule has 2 unspecified atom stereocenters. The zero-order chi connectivity index (χ0) is 27.8. The Morgan fingerprint density at radius 2 is 1.95 bits per heavy atom. The van der Waals surface area contributed by atoms with Gasteiger partial charge in [-0.3, -0.25) is 15.2 Å². The van der Waals surface area contributed by atoms with Crippen LogP contribution in [0.3, 0.4) is 0 Å². The summed E-state index contributed by atoms with van der Waals surface area (Å²) in [6.07, 6.45) is 8.17. The van der Waals surface area contributed by atoms with E-state index in [-0.39, 0.29) is 12.0 Å². The first-order chi connectivity index (χ1) is 18.9. The lowest BCUT2D eigenvalue weighted by Gasteiger charge is -2.28. The molecule has 2 atom stereocenters. The summed E-state index contributed by atoms with van der Waals surface area (Å²) in [5, 5.41) is 2.95. The summed E-state index contributed by atoms with van der Waals surface area (Å²) in [5.74, 6) is 2.88. The van der Waals surface area contributed by atoms with Crippen LogP contribution in [0.2, 0.25) is 0 Å². The molecule has 2 heterocycles. The summed E-state index contributed by atoms with van der Waals surface area (Å²) in [4.78, 5) is 19.7. The highest BCUT2D eigenvalue weighted by molar-refractivity contribution is 5.86. The molecule has 4 rings (SSSR count). The maximum Gasteiger partial charge on any atom is 0.411 e. The van der Waals surface area contributed by atoms with Crippen LogP contribution in [0, 0.1) is 19.8 Å². The number of nitrogens with one attached hydrogen (secondary N) is 1. The quantitative estimate of drug-likeness (QED) is 0.397. The minimum atomic E-state index is -0.428. The Morgan fingerprint density at radius 3 is 2.67 bits per heavy atom. The number of rotatable bonds is 11. The zero-order valence-electron chi connectivity index (χ0n) is 23.7. The molecular weight excluding hydrogens is 498 g/mol. The van der Waals surface area contributed by atoms with Crippen molar-refractivity contribution in [2.75, 3.05) is 52.4 Å².